The minimum absolute atomic E-state index is 0.655. The molecule has 0 radical (unpaired) electrons. The van der Waals surface area contributed by atoms with Gasteiger partial charge in [-0.25, -0.2) is 0 Å². The minimum Gasteiger partial charge on any atom is -0.310 e. The van der Waals surface area contributed by atoms with Crippen molar-refractivity contribution in [1.82, 2.24) is 5.32 Å². The molecule has 1 aromatic rings. The summed E-state index contributed by atoms with van der Waals surface area (Å²) >= 11 is 6.07. The lowest BCUT2D eigenvalue weighted by molar-refractivity contribution is 0.320. The van der Waals surface area contributed by atoms with Gasteiger partial charge in [-0.05, 0) is 67.2 Å². The SMILES string of the molecule is Clc1ccc2c(c1)CC(NC1CC3CCC1C3)C2. The topological polar surface area (TPSA) is 12.0 Å². The maximum Gasteiger partial charge on any atom is 0.0408 e. The Bertz CT molecular complexity index is 470. The van der Waals surface area contributed by atoms with Crippen LogP contribution in [0.3, 0.4) is 0 Å². The van der Waals surface area contributed by atoms with E-state index in [9.17, 15) is 0 Å². The standard InChI is InChI=1S/C16H20ClN/c17-14-4-3-11-8-15(9-13(11)7-14)18-16-6-10-1-2-12(16)5-10/h3-4,7,10,12,15-16,18H,1-2,5-6,8-9H2. The summed E-state index contributed by atoms with van der Waals surface area (Å²) in [6, 6.07) is 7.85. The van der Waals surface area contributed by atoms with Crippen LogP contribution < -0.4 is 5.32 Å². The van der Waals surface area contributed by atoms with Gasteiger partial charge >= 0.3 is 0 Å². The van der Waals surface area contributed by atoms with Crippen LogP contribution in [-0.4, -0.2) is 12.1 Å². The number of benzene rings is 1. The predicted molar refractivity (Wildman–Crippen MR) is 75.0 cm³/mol. The van der Waals surface area contributed by atoms with Gasteiger partial charge in [0.15, 0.2) is 0 Å². The first kappa shape index (κ1) is 11.3. The molecule has 2 heteroatoms. The molecular formula is C16H20ClN. The molecule has 2 bridgehead atoms. The van der Waals surface area contributed by atoms with E-state index in [1.807, 2.05) is 6.07 Å². The van der Waals surface area contributed by atoms with Crippen LogP contribution in [-0.2, 0) is 12.8 Å². The second kappa shape index (κ2) is 4.25. The monoisotopic (exact) mass is 261 g/mol. The summed E-state index contributed by atoms with van der Waals surface area (Å²) in [6.07, 6.45) is 8.24. The van der Waals surface area contributed by atoms with Crippen LogP contribution in [0.5, 0.6) is 0 Å². The Morgan fingerprint density at radius 3 is 2.72 bits per heavy atom. The van der Waals surface area contributed by atoms with Crippen molar-refractivity contribution in [2.45, 2.75) is 50.6 Å². The van der Waals surface area contributed by atoms with Crippen molar-refractivity contribution >= 4 is 11.6 Å². The van der Waals surface area contributed by atoms with Crippen molar-refractivity contribution in [3.8, 4) is 0 Å². The van der Waals surface area contributed by atoms with E-state index in [1.165, 1.54) is 49.7 Å². The molecule has 3 aliphatic rings. The zero-order valence-corrected chi connectivity index (χ0v) is 11.4. The Balaban J connectivity index is 1.44. The van der Waals surface area contributed by atoms with E-state index >= 15 is 0 Å². The third-order valence-corrected chi connectivity index (χ3v) is 5.52. The van der Waals surface area contributed by atoms with Crippen molar-refractivity contribution in [3.63, 3.8) is 0 Å². The molecule has 2 saturated carbocycles. The lowest BCUT2D eigenvalue weighted by atomic mass is 9.94. The molecule has 3 aliphatic carbocycles. The molecule has 2 fully saturated rings. The van der Waals surface area contributed by atoms with Crippen LogP contribution >= 0.6 is 11.6 Å². The average Bonchev–Trinajstić information content (AvgIpc) is 3.02. The molecule has 0 aromatic heterocycles. The van der Waals surface area contributed by atoms with Gasteiger partial charge in [-0.15, -0.1) is 0 Å². The maximum atomic E-state index is 6.07. The van der Waals surface area contributed by atoms with Gasteiger partial charge < -0.3 is 5.32 Å². The molecule has 1 N–H and O–H groups in total. The Labute approximate surface area is 114 Å². The number of nitrogens with one attached hydrogen (secondary N) is 1. The second-order valence-corrected chi connectivity index (χ2v) is 6.90. The third-order valence-electron chi connectivity index (χ3n) is 5.29. The molecule has 4 atom stereocenters. The largest absolute Gasteiger partial charge is 0.310 e. The molecular weight excluding hydrogens is 242 g/mol. The van der Waals surface area contributed by atoms with Crippen LogP contribution in [0.15, 0.2) is 18.2 Å². The summed E-state index contributed by atoms with van der Waals surface area (Å²) in [5.74, 6) is 2.01. The first-order valence-electron chi connectivity index (χ1n) is 7.31. The normalized spacial score (nSPS) is 37.2. The van der Waals surface area contributed by atoms with Crippen LogP contribution in [0.25, 0.3) is 0 Å². The molecule has 18 heavy (non-hydrogen) atoms. The molecule has 4 unspecified atom stereocenters. The van der Waals surface area contributed by atoms with Crippen molar-refractivity contribution in [2.24, 2.45) is 11.8 Å². The van der Waals surface area contributed by atoms with Gasteiger partial charge in [0.25, 0.3) is 0 Å². The Hall–Kier alpha value is -0.530. The molecule has 1 aromatic carbocycles. The zero-order chi connectivity index (χ0) is 12.1. The van der Waals surface area contributed by atoms with E-state index in [1.54, 1.807) is 0 Å². The van der Waals surface area contributed by atoms with Crippen molar-refractivity contribution in [2.75, 3.05) is 0 Å². The van der Waals surface area contributed by atoms with Crippen molar-refractivity contribution < 1.29 is 0 Å². The summed E-state index contributed by atoms with van der Waals surface area (Å²) in [5, 5.41) is 4.82. The van der Waals surface area contributed by atoms with Crippen LogP contribution in [0, 0.1) is 11.8 Å². The summed E-state index contributed by atoms with van der Waals surface area (Å²) in [6.45, 7) is 0. The lowest BCUT2D eigenvalue weighted by Gasteiger charge is -2.26. The first-order valence-corrected chi connectivity index (χ1v) is 7.69. The van der Waals surface area contributed by atoms with E-state index in [0.717, 1.165) is 22.9 Å². The predicted octanol–water partition coefficient (Wildman–Crippen LogP) is 3.59. The highest BCUT2D eigenvalue weighted by Crippen LogP contribution is 2.44. The minimum atomic E-state index is 0.655. The summed E-state index contributed by atoms with van der Waals surface area (Å²) in [7, 11) is 0. The van der Waals surface area contributed by atoms with E-state index in [2.05, 4.69) is 17.4 Å². The van der Waals surface area contributed by atoms with Gasteiger partial charge in [0.2, 0.25) is 0 Å². The molecule has 96 valence electrons. The molecule has 0 aliphatic heterocycles. The fourth-order valence-electron chi connectivity index (χ4n) is 4.46. The molecule has 4 rings (SSSR count). The Morgan fingerprint density at radius 1 is 1.06 bits per heavy atom. The van der Waals surface area contributed by atoms with Gasteiger partial charge in [0.1, 0.15) is 0 Å². The second-order valence-electron chi connectivity index (χ2n) is 6.47. The highest BCUT2D eigenvalue weighted by molar-refractivity contribution is 6.30. The molecule has 0 spiro atoms. The maximum absolute atomic E-state index is 6.07. The molecule has 1 nitrogen and oxygen atoms in total. The summed E-state index contributed by atoms with van der Waals surface area (Å²) in [4.78, 5) is 0. The van der Waals surface area contributed by atoms with Gasteiger partial charge in [0.05, 0.1) is 0 Å². The summed E-state index contributed by atoms with van der Waals surface area (Å²) < 4.78 is 0. The Kier molecular flexibility index (Phi) is 2.67. The number of fused-ring (bicyclic) bond motifs is 3. The average molecular weight is 262 g/mol. The highest BCUT2D eigenvalue weighted by Gasteiger charge is 2.40. The van der Waals surface area contributed by atoms with Gasteiger partial charge in [-0.3, -0.25) is 0 Å². The van der Waals surface area contributed by atoms with Gasteiger partial charge in [-0.1, -0.05) is 24.1 Å². The van der Waals surface area contributed by atoms with Crippen molar-refractivity contribution in [3.05, 3.63) is 34.3 Å². The van der Waals surface area contributed by atoms with Crippen LogP contribution in [0.1, 0.15) is 36.8 Å². The van der Waals surface area contributed by atoms with Gasteiger partial charge in [0, 0.05) is 17.1 Å². The first-order chi connectivity index (χ1) is 8.78. The summed E-state index contributed by atoms with van der Waals surface area (Å²) in [5.41, 5.74) is 2.96. The zero-order valence-electron chi connectivity index (χ0n) is 10.7. The smallest absolute Gasteiger partial charge is 0.0408 e. The highest BCUT2D eigenvalue weighted by atomic mass is 35.5. The molecule has 0 amide bonds. The molecule has 0 saturated heterocycles. The van der Waals surface area contributed by atoms with E-state index in [0.29, 0.717) is 6.04 Å². The van der Waals surface area contributed by atoms with E-state index in [4.69, 9.17) is 11.6 Å². The fourth-order valence-corrected chi connectivity index (χ4v) is 4.65. The lowest BCUT2D eigenvalue weighted by Crippen LogP contribution is -2.41. The number of hydrogen-bond donors (Lipinski definition) is 1. The fraction of sp³-hybridized carbons (Fsp3) is 0.625. The van der Waals surface area contributed by atoms with Gasteiger partial charge in [-0.2, -0.15) is 0 Å². The van der Waals surface area contributed by atoms with Crippen molar-refractivity contribution in [1.29, 1.82) is 0 Å². The van der Waals surface area contributed by atoms with Crippen LogP contribution in [0.2, 0.25) is 5.02 Å². The van der Waals surface area contributed by atoms with E-state index in [-0.39, 0.29) is 0 Å². The number of halogens is 1. The quantitative estimate of drug-likeness (QED) is 0.858. The number of rotatable bonds is 2. The molecule has 0 heterocycles. The third kappa shape index (κ3) is 1.88. The Morgan fingerprint density at radius 2 is 1.94 bits per heavy atom. The number of hydrogen-bond acceptors (Lipinski definition) is 1. The van der Waals surface area contributed by atoms with Crippen LogP contribution in [0.4, 0.5) is 0 Å². The van der Waals surface area contributed by atoms with E-state index < -0.39 is 0 Å².